The molecule has 0 spiro atoms. The average Bonchev–Trinajstić information content (AvgIpc) is 2.63. The van der Waals surface area contributed by atoms with Gasteiger partial charge in [0.25, 0.3) is 0 Å². The number of nitrogens with one attached hydrogen (secondary N) is 1. The third kappa shape index (κ3) is 1.46. The Morgan fingerprint density at radius 3 is 2.85 bits per heavy atom. The van der Waals surface area contributed by atoms with E-state index in [0.717, 1.165) is 23.0 Å². The van der Waals surface area contributed by atoms with Gasteiger partial charge in [0.05, 0.1) is 22.5 Å². The molecule has 3 nitrogen and oxygen atoms in total. The lowest BCUT2D eigenvalue weighted by Crippen LogP contribution is -2.16. The van der Waals surface area contributed by atoms with Crippen LogP contribution >= 0.6 is 11.6 Å². The summed E-state index contributed by atoms with van der Waals surface area (Å²) in [6, 6.07) is 0.402. The van der Waals surface area contributed by atoms with Crippen molar-refractivity contribution >= 4 is 11.6 Å². The van der Waals surface area contributed by atoms with Crippen LogP contribution in [0.1, 0.15) is 30.3 Å². The van der Waals surface area contributed by atoms with E-state index < -0.39 is 0 Å². The molecule has 1 saturated heterocycles. The topological polar surface area (TPSA) is 29.9 Å². The Bertz CT molecular complexity index is 313. The number of hydrogen-bond donors (Lipinski definition) is 1. The fourth-order valence-electron chi connectivity index (χ4n) is 1.95. The largest absolute Gasteiger partial charge is 0.309 e. The highest BCUT2D eigenvalue weighted by molar-refractivity contribution is 6.31. The highest BCUT2D eigenvalue weighted by Gasteiger charge is 2.23. The molecule has 2 heterocycles. The fraction of sp³-hybridized carbons (Fsp3) is 0.667. The van der Waals surface area contributed by atoms with Crippen molar-refractivity contribution in [1.29, 1.82) is 0 Å². The first-order valence-electron chi connectivity index (χ1n) is 4.62. The second-order valence-corrected chi connectivity index (χ2v) is 3.94. The standard InChI is InChI=1S/C9H14ClN3/c1-6-8(10)9(13(2)12-6)7-4-3-5-11-7/h7,11H,3-5H2,1-2H3. The van der Waals surface area contributed by atoms with Crippen LogP contribution in [0.4, 0.5) is 0 Å². The van der Waals surface area contributed by atoms with E-state index in [9.17, 15) is 0 Å². The minimum absolute atomic E-state index is 0.402. The van der Waals surface area contributed by atoms with Crippen LogP contribution in [0.2, 0.25) is 5.02 Å². The quantitative estimate of drug-likeness (QED) is 0.748. The predicted molar refractivity (Wildman–Crippen MR) is 52.9 cm³/mol. The van der Waals surface area contributed by atoms with Gasteiger partial charge in [-0.25, -0.2) is 0 Å². The second kappa shape index (κ2) is 3.31. The Kier molecular flexibility index (Phi) is 2.30. The van der Waals surface area contributed by atoms with Gasteiger partial charge in [-0.15, -0.1) is 0 Å². The van der Waals surface area contributed by atoms with Crippen molar-refractivity contribution in [2.75, 3.05) is 6.54 Å². The van der Waals surface area contributed by atoms with E-state index in [2.05, 4.69) is 10.4 Å². The van der Waals surface area contributed by atoms with E-state index in [1.165, 1.54) is 12.8 Å². The zero-order valence-corrected chi connectivity index (χ0v) is 8.73. The molecule has 2 rings (SSSR count). The van der Waals surface area contributed by atoms with Crippen molar-refractivity contribution in [2.24, 2.45) is 7.05 Å². The van der Waals surface area contributed by atoms with E-state index in [1.807, 2.05) is 18.7 Å². The highest BCUT2D eigenvalue weighted by Crippen LogP contribution is 2.30. The van der Waals surface area contributed by atoms with Gasteiger partial charge in [0.1, 0.15) is 0 Å². The van der Waals surface area contributed by atoms with E-state index in [-0.39, 0.29) is 0 Å². The first kappa shape index (κ1) is 9.03. The second-order valence-electron chi connectivity index (χ2n) is 3.56. The van der Waals surface area contributed by atoms with Gasteiger partial charge in [0.2, 0.25) is 0 Å². The fourth-order valence-corrected chi connectivity index (χ4v) is 2.24. The molecule has 1 atom stereocenters. The van der Waals surface area contributed by atoms with Gasteiger partial charge >= 0.3 is 0 Å². The lowest BCUT2D eigenvalue weighted by atomic mass is 10.1. The van der Waals surface area contributed by atoms with Gasteiger partial charge in [0, 0.05) is 7.05 Å². The van der Waals surface area contributed by atoms with Crippen molar-refractivity contribution in [3.05, 3.63) is 16.4 Å². The van der Waals surface area contributed by atoms with Crippen LogP contribution in [0.25, 0.3) is 0 Å². The number of aromatic nitrogens is 2. The molecule has 0 bridgehead atoms. The SMILES string of the molecule is Cc1nn(C)c(C2CCCN2)c1Cl. The van der Waals surface area contributed by atoms with Crippen LogP contribution in [0.5, 0.6) is 0 Å². The van der Waals surface area contributed by atoms with Crippen LogP contribution in [0.15, 0.2) is 0 Å². The minimum atomic E-state index is 0.402. The molecule has 0 amide bonds. The van der Waals surface area contributed by atoms with Gasteiger partial charge in [0.15, 0.2) is 0 Å². The summed E-state index contributed by atoms with van der Waals surface area (Å²) in [5.41, 5.74) is 2.06. The third-order valence-corrected chi connectivity index (χ3v) is 3.05. The lowest BCUT2D eigenvalue weighted by Gasteiger charge is -2.10. The molecular formula is C9H14ClN3. The van der Waals surface area contributed by atoms with E-state index in [1.54, 1.807) is 0 Å². The van der Waals surface area contributed by atoms with Gasteiger partial charge < -0.3 is 5.32 Å². The molecule has 1 aromatic rings. The Morgan fingerprint density at radius 1 is 1.62 bits per heavy atom. The van der Waals surface area contributed by atoms with Crippen LogP contribution < -0.4 is 5.32 Å². The molecule has 13 heavy (non-hydrogen) atoms. The van der Waals surface area contributed by atoms with E-state index >= 15 is 0 Å². The Balaban J connectivity index is 2.37. The zero-order valence-electron chi connectivity index (χ0n) is 7.97. The molecular weight excluding hydrogens is 186 g/mol. The maximum atomic E-state index is 6.17. The molecule has 0 saturated carbocycles. The number of halogens is 1. The number of nitrogens with zero attached hydrogens (tertiary/aromatic N) is 2. The summed E-state index contributed by atoms with van der Waals surface area (Å²) in [5, 5.41) is 8.54. The summed E-state index contributed by atoms with van der Waals surface area (Å²) in [7, 11) is 1.95. The smallest absolute Gasteiger partial charge is 0.0863 e. The normalized spacial score (nSPS) is 22.5. The van der Waals surface area contributed by atoms with Crippen molar-refractivity contribution in [2.45, 2.75) is 25.8 Å². The number of hydrogen-bond acceptors (Lipinski definition) is 2. The van der Waals surface area contributed by atoms with E-state index in [0.29, 0.717) is 6.04 Å². The Labute approximate surface area is 83.1 Å². The Morgan fingerprint density at radius 2 is 2.38 bits per heavy atom. The maximum Gasteiger partial charge on any atom is 0.0863 e. The van der Waals surface area contributed by atoms with Crippen molar-refractivity contribution in [1.82, 2.24) is 15.1 Å². The summed E-state index contributed by atoms with van der Waals surface area (Å²) in [4.78, 5) is 0. The summed E-state index contributed by atoms with van der Waals surface area (Å²) >= 11 is 6.17. The first-order valence-corrected chi connectivity index (χ1v) is 5.00. The Hall–Kier alpha value is -0.540. The molecule has 4 heteroatoms. The summed E-state index contributed by atoms with van der Waals surface area (Å²) < 4.78 is 1.89. The van der Waals surface area contributed by atoms with Crippen LogP contribution in [-0.4, -0.2) is 16.3 Å². The van der Waals surface area contributed by atoms with Gasteiger partial charge in [-0.05, 0) is 26.3 Å². The van der Waals surface area contributed by atoms with Crippen LogP contribution in [-0.2, 0) is 7.05 Å². The molecule has 1 aliphatic rings. The van der Waals surface area contributed by atoms with Crippen molar-refractivity contribution < 1.29 is 0 Å². The molecule has 0 aromatic carbocycles. The minimum Gasteiger partial charge on any atom is -0.309 e. The van der Waals surface area contributed by atoms with Gasteiger partial charge in [-0.3, -0.25) is 4.68 Å². The van der Waals surface area contributed by atoms with E-state index in [4.69, 9.17) is 11.6 Å². The van der Waals surface area contributed by atoms with Crippen molar-refractivity contribution in [3.63, 3.8) is 0 Å². The summed E-state index contributed by atoms with van der Waals surface area (Å²) in [5.74, 6) is 0. The molecule has 1 N–H and O–H groups in total. The molecule has 1 aromatic heterocycles. The predicted octanol–water partition coefficient (Wildman–Crippen LogP) is 1.81. The molecule has 1 fully saturated rings. The number of aryl methyl sites for hydroxylation is 2. The van der Waals surface area contributed by atoms with Gasteiger partial charge in [-0.2, -0.15) is 5.10 Å². The van der Waals surface area contributed by atoms with Gasteiger partial charge in [-0.1, -0.05) is 11.6 Å². The molecule has 0 aliphatic carbocycles. The molecule has 1 aliphatic heterocycles. The highest BCUT2D eigenvalue weighted by atomic mass is 35.5. The van der Waals surface area contributed by atoms with Crippen LogP contribution in [0, 0.1) is 6.92 Å². The molecule has 1 unspecified atom stereocenters. The summed E-state index contributed by atoms with van der Waals surface area (Å²) in [6.07, 6.45) is 2.39. The van der Waals surface area contributed by atoms with Crippen molar-refractivity contribution in [3.8, 4) is 0 Å². The zero-order chi connectivity index (χ0) is 9.42. The monoisotopic (exact) mass is 199 g/mol. The first-order chi connectivity index (χ1) is 6.20. The lowest BCUT2D eigenvalue weighted by molar-refractivity contribution is 0.573. The molecule has 72 valence electrons. The maximum absolute atomic E-state index is 6.17. The summed E-state index contributed by atoms with van der Waals surface area (Å²) in [6.45, 7) is 3.03. The third-order valence-electron chi connectivity index (χ3n) is 2.58. The molecule has 0 radical (unpaired) electrons. The average molecular weight is 200 g/mol. The van der Waals surface area contributed by atoms with Crippen LogP contribution in [0.3, 0.4) is 0 Å². The number of rotatable bonds is 1.